The molecule has 0 aliphatic heterocycles. The van der Waals surface area contributed by atoms with E-state index >= 15 is 0 Å². The fraction of sp³-hybridized carbons (Fsp3) is 0.450. The molecule has 0 saturated carbocycles. The maximum absolute atomic E-state index is 14.0. The predicted molar refractivity (Wildman–Crippen MR) is 218 cm³/mol. The van der Waals surface area contributed by atoms with Crippen LogP contribution in [0.25, 0.3) is 0 Å². The number of aliphatic hydroxyl groups is 2. The van der Waals surface area contributed by atoms with Crippen molar-refractivity contribution in [2.45, 2.75) is 90.0 Å². The lowest BCUT2D eigenvalue weighted by molar-refractivity contribution is -0.129. The van der Waals surface area contributed by atoms with E-state index in [-0.39, 0.29) is 37.8 Å². The molecule has 2 heterocycles. The second-order valence-electron chi connectivity index (χ2n) is 14.5. The summed E-state index contributed by atoms with van der Waals surface area (Å²) in [7, 11) is 3.23. The molecule has 0 aliphatic rings. The highest BCUT2D eigenvalue weighted by Crippen LogP contribution is 2.17. The third kappa shape index (κ3) is 13.1. The van der Waals surface area contributed by atoms with Crippen molar-refractivity contribution in [1.29, 1.82) is 0 Å². The number of nitrogens with one attached hydrogen (secondary N) is 4. The molecule has 0 spiro atoms. The Kier molecular flexibility index (Phi) is 16.8. The summed E-state index contributed by atoms with van der Waals surface area (Å²) in [6.07, 6.45) is 0.418. The lowest BCUT2D eigenvalue weighted by Gasteiger charge is -2.35. The van der Waals surface area contributed by atoms with E-state index < -0.39 is 60.3 Å². The topological polar surface area (TPSA) is 189 Å². The van der Waals surface area contributed by atoms with Crippen LogP contribution in [0.4, 0.5) is 9.59 Å². The predicted octanol–water partition coefficient (Wildman–Crippen LogP) is 3.81. The van der Waals surface area contributed by atoms with Crippen LogP contribution >= 0.6 is 22.7 Å². The Labute approximate surface area is 336 Å². The molecule has 6 amide bonds. The van der Waals surface area contributed by atoms with Gasteiger partial charge < -0.3 is 41.3 Å². The summed E-state index contributed by atoms with van der Waals surface area (Å²) in [6, 6.07) is 13.4. The van der Waals surface area contributed by atoms with Crippen molar-refractivity contribution in [3.8, 4) is 0 Å². The van der Waals surface area contributed by atoms with Crippen LogP contribution in [0.5, 0.6) is 0 Å². The number of thiazole rings is 2. The van der Waals surface area contributed by atoms with Gasteiger partial charge in [0, 0.05) is 37.2 Å². The first-order chi connectivity index (χ1) is 26.7. The van der Waals surface area contributed by atoms with E-state index in [1.807, 2.05) is 71.4 Å². The van der Waals surface area contributed by atoms with Crippen molar-refractivity contribution >= 4 is 46.6 Å². The summed E-state index contributed by atoms with van der Waals surface area (Å²) in [5.41, 5.74) is 1.57. The smallest absolute Gasteiger partial charge is 0.318 e. The lowest BCUT2D eigenvalue weighted by atomic mass is 9.90. The summed E-state index contributed by atoms with van der Waals surface area (Å²) in [5, 5.41) is 40.5. The number of nitrogens with zero attached hydrogens (tertiary/aromatic N) is 4. The molecule has 6 N–H and O–H groups in total. The van der Waals surface area contributed by atoms with E-state index in [1.54, 1.807) is 54.2 Å². The van der Waals surface area contributed by atoms with Crippen molar-refractivity contribution in [2.75, 3.05) is 14.1 Å². The van der Waals surface area contributed by atoms with Crippen LogP contribution < -0.4 is 21.3 Å². The number of aliphatic hydroxyl groups excluding tert-OH is 2. The van der Waals surface area contributed by atoms with Gasteiger partial charge in [-0.3, -0.25) is 9.59 Å². The van der Waals surface area contributed by atoms with Crippen LogP contribution in [0, 0.1) is 11.8 Å². The molecule has 2 aromatic heterocycles. The first-order valence-corrected chi connectivity index (χ1v) is 20.3. The number of benzene rings is 2. The van der Waals surface area contributed by atoms with Gasteiger partial charge in [-0.25, -0.2) is 19.6 Å². The highest BCUT2D eigenvalue weighted by atomic mass is 32.1. The molecule has 0 fully saturated rings. The number of hydrogen-bond donors (Lipinski definition) is 6. The Hall–Kier alpha value is -4.90. The first-order valence-electron chi connectivity index (χ1n) is 18.6. The molecule has 0 aliphatic carbocycles. The fourth-order valence-corrected chi connectivity index (χ4v) is 7.38. The first kappa shape index (κ1) is 43.8. The minimum absolute atomic E-state index is 0.135. The van der Waals surface area contributed by atoms with Gasteiger partial charge in [0.1, 0.15) is 34.3 Å². The summed E-state index contributed by atoms with van der Waals surface area (Å²) >= 11 is 2.83. The maximum Gasteiger partial charge on any atom is 0.318 e. The van der Waals surface area contributed by atoms with E-state index in [4.69, 9.17) is 0 Å². The molecule has 0 bridgehead atoms. The molecule has 302 valence electrons. The summed E-state index contributed by atoms with van der Waals surface area (Å²) in [5.74, 6) is -1.76. The van der Waals surface area contributed by atoms with Gasteiger partial charge in [0.15, 0.2) is 0 Å². The Morgan fingerprint density at radius 2 is 0.964 bits per heavy atom. The van der Waals surface area contributed by atoms with Gasteiger partial charge in [0.2, 0.25) is 11.8 Å². The van der Waals surface area contributed by atoms with Gasteiger partial charge >= 0.3 is 12.1 Å². The Bertz CT molecular complexity index is 1670. The zero-order valence-corrected chi connectivity index (χ0v) is 34.3. The zero-order chi connectivity index (χ0) is 40.8. The highest BCUT2D eigenvalue weighted by Gasteiger charge is 2.38. The van der Waals surface area contributed by atoms with Gasteiger partial charge in [0.05, 0.1) is 25.2 Å². The number of carbonyl (C=O) groups excluding carboxylic acids is 4. The van der Waals surface area contributed by atoms with Crippen LogP contribution in [0.3, 0.4) is 0 Å². The Morgan fingerprint density at radius 3 is 1.27 bits per heavy atom. The maximum atomic E-state index is 14.0. The lowest BCUT2D eigenvalue weighted by Crippen LogP contribution is -2.62. The van der Waals surface area contributed by atoms with E-state index in [1.165, 1.54) is 32.5 Å². The van der Waals surface area contributed by atoms with Crippen LogP contribution in [0.2, 0.25) is 0 Å². The third-order valence-corrected chi connectivity index (χ3v) is 10.8. The van der Waals surface area contributed by atoms with Crippen molar-refractivity contribution in [3.63, 3.8) is 0 Å². The van der Waals surface area contributed by atoms with Crippen molar-refractivity contribution in [3.05, 3.63) is 105 Å². The number of aromatic nitrogens is 2. The molecule has 56 heavy (non-hydrogen) atoms. The second kappa shape index (κ2) is 21.4. The largest absolute Gasteiger partial charge is 0.388 e. The third-order valence-electron chi connectivity index (χ3n) is 9.29. The van der Waals surface area contributed by atoms with Crippen LogP contribution in [0.15, 0.2) is 83.8 Å². The van der Waals surface area contributed by atoms with E-state index in [2.05, 4.69) is 31.2 Å². The molecule has 6 atom stereocenters. The minimum Gasteiger partial charge on any atom is -0.388 e. The molecule has 14 nitrogen and oxygen atoms in total. The zero-order valence-electron chi connectivity index (χ0n) is 32.7. The fourth-order valence-electron chi connectivity index (χ4n) is 6.04. The molecule has 4 aromatic rings. The van der Waals surface area contributed by atoms with E-state index in [9.17, 15) is 29.4 Å². The number of urea groups is 2. The van der Waals surface area contributed by atoms with Crippen molar-refractivity contribution in [1.82, 2.24) is 41.0 Å². The molecule has 16 heteroatoms. The van der Waals surface area contributed by atoms with Crippen LogP contribution in [-0.4, -0.2) is 104 Å². The minimum atomic E-state index is -1.58. The van der Waals surface area contributed by atoms with Gasteiger partial charge in [-0.05, 0) is 35.8 Å². The molecule has 0 radical (unpaired) electrons. The van der Waals surface area contributed by atoms with Gasteiger partial charge in [0.25, 0.3) is 0 Å². The molecular formula is C40H54N8O6S2. The quantitative estimate of drug-likeness (QED) is 0.0826. The second-order valence-corrected chi connectivity index (χ2v) is 16.5. The van der Waals surface area contributed by atoms with Gasteiger partial charge in [-0.1, -0.05) is 88.4 Å². The summed E-state index contributed by atoms with van der Waals surface area (Å²) in [4.78, 5) is 65.7. The normalized spacial score (nSPS) is 14.5. The average molecular weight is 807 g/mol. The number of hydrogen-bond acceptors (Lipinski definition) is 10. The molecule has 0 saturated heterocycles. The monoisotopic (exact) mass is 806 g/mol. The SMILES string of the molecule is CC(C)C(NC(=O)N(C)Cc1nccs1)C(=O)N[C@@H](Cc1ccccc1)[C@H](O)[C@H](O)[C@H](Cc1ccccc1)NC(=O)C(NC(=O)N(C)Cc1nccs1)C(C)C. The Balaban J connectivity index is 1.56. The van der Waals surface area contributed by atoms with E-state index in [0.717, 1.165) is 21.1 Å². The molecular weight excluding hydrogens is 753 g/mol. The number of amides is 6. The number of carbonyl (C=O) groups is 4. The molecule has 2 unspecified atom stereocenters. The highest BCUT2D eigenvalue weighted by molar-refractivity contribution is 7.09. The standard InChI is InChI=1S/C40H54N8O6S2/c1-25(2)33(45-39(53)47(5)23-31-41-17-19-55-31)37(51)43-29(21-27-13-9-7-10-14-27)35(49)36(50)30(22-28-15-11-8-12-16-28)44-38(52)34(26(3)4)46-40(54)48(6)24-32-42-18-20-56-32/h7-20,25-26,29-30,33-36,49-50H,21-24H2,1-6H3,(H,43,51)(H,44,52)(H,45,53)(H,46,54)/t29-,30-,33?,34?,35-,36+/m0/s1. The van der Waals surface area contributed by atoms with Crippen LogP contribution in [-0.2, 0) is 35.5 Å². The Morgan fingerprint density at radius 1 is 0.607 bits per heavy atom. The average Bonchev–Trinajstić information content (AvgIpc) is 3.90. The molecule has 4 rings (SSSR count). The van der Waals surface area contributed by atoms with Crippen LogP contribution in [0.1, 0.15) is 48.8 Å². The molecule has 2 aromatic carbocycles. The summed E-state index contributed by atoms with van der Waals surface area (Å²) < 4.78 is 0. The number of rotatable bonds is 19. The van der Waals surface area contributed by atoms with Gasteiger partial charge in [-0.2, -0.15) is 0 Å². The van der Waals surface area contributed by atoms with E-state index in [0.29, 0.717) is 0 Å². The summed E-state index contributed by atoms with van der Waals surface area (Å²) in [6.45, 7) is 7.72. The van der Waals surface area contributed by atoms with Gasteiger partial charge in [-0.15, -0.1) is 22.7 Å². The van der Waals surface area contributed by atoms with Crippen molar-refractivity contribution in [2.24, 2.45) is 11.8 Å². The van der Waals surface area contributed by atoms with Crippen molar-refractivity contribution < 1.29 is 29.4 Å².